The van der Waals surface area contributed by atoms with Crippen molar-refractivity contribution < 1.29 is 4.63 Å². The molecule has 4 nitrogen and oxygen atoms in total. The van der Waals surface area contributed by atoms with Gasteiger partial charge in [0.05, 0.1) is 0 Å². The molecule has 84 valence electrons. The quantitative estimate of drug-likeness (QED) is 0.639. The molecule has 2 heterocycles. The summed E-state index contributed by atoms with van der Waals surface area (Å²) in [5.74, 6) is 0. The van der Waals surface area contributed by atoms with Crippen LogP contribution in [0.25, 0.3) is 22.2 Å². The summed E-state index contributed by atoms with van der Waals surface area (Å²) in [4.78, 5) is 4.37. The molecule has 0 atom stereocenters. The Labute approximate surface area is 98.3 Å². The van der Waals surface area contributed by atoms with Gasteiger partial charge in [-0.1, -0.05) is 12.1 Å². The van der Waals surface area contributed by atoms with Gasteiger partial charge >= 0.3 is 0 Å². The maximum absolute atomic E-state index is 4.77. The Kier molecular flexibility index (Phi) is 2.14. The normalized spacial score (nSPS) is 10.9. The Morgan fingerprint density at radius 2 is 1.76 bits per heavy atom. The smallest absolute Gasteiger partial charge is 0.143 e. The Morgan fingerprint density at radius 1 is 1.00 bits per heavy atom. The molecular formula is C13H11N3O. The number of hydrogen-bond acceptors (Lipinski definition) is 4. The second-order valence-corrected chi connectivity index (χ2v) is 4.08. The predicted molar refractivity (Wildman–Crippen MR) is 64.5 cm³/mol. The van der Waals surface area contributed by atoms with Gasteiger partial charge in [-0.15, -0.1) is 0 Å². The van der Waals surface area contributed by atoms with Crippen LogP contribution < -0.4 is 0 Å². The van der Waals surface area contributed by atoms with Crippen molar-refractivity contribution >= 4 is 11.0 Å². The van der Waals surface area contributed by atoms with Gasteiger partial charge in [-0.05, 0) is 47.9 Å². The van der Waals surface area contributed by atoms with Gasteiger partial charge in [-0.2, -0.15) is 0 Å². The molecule has 4 heteroatoms. The summed E-state index contributed by atoms with van der Waals surface area (Å²) < 4.78 is 4.77. The van der Waals surface area contributed by atoms with E-state index in [1.54, 1.807) is 0 Å². The number of aromatic nitrogens is 3. The minimum Gasteiger partial charge on any atom is -0.258 e. The SMILES string of the molecule is Cc1cc(-c2cccc3nonc23)cc(C)n1. The number of rotatable bonds is 1. The van der Waals surface area contributed by atoms with Crippen molar-refractivity contribution in [2.45, 2.75) is 13.8 Å². The Morgan fingerprint density at radius 3 is 2.53 bits per heavy atom. The van der Waals surface area contributed by atoms with Crippen LogP contribution in [0.4, 0.5) is 0 Å². The zero-order valence-corrected chi connectivity index (χ0v) is 9.64. The van der Waals surface area contributed by atoms with Crippen molar-refractivity contribution in [2.24, 2.45) is 0 Å². The van der Waals surface area contributed by atoms with E-state index in [1.165, 1.54) is 0 Å². The molecule has 0 aliphatic heterocycles. The second kappa shape index (κ2) is 3.66. The van der Waals surface area contributed by atoms with Gasteiger partial charge < -0.3 is 0 Å². The van der Waals surface area contributed by atoms with Gasteiger partial charge in [0.15, 0.2) is 0 Å². The van der Waals surface area contributed by atoms with Gasteiger partial charge in [0.2, 0.25) is 0 Å². The standard InChI is InChI=1S/C13H11N3O/c1-8-6-10(7-9(2)14-8)11-4-3-5-12-13(11)16-17-15-12/h3-7H,1-2H3. The first-order valence-corrected chi connectivity index (χ1v) is 5.41. The van der Waals surface area contributed by atoms with E-state index < -0.39 is 0 Å². The molecule has 17 heavy (non-hydrogen) atoms. The maximum Gasteiger partial charge on any atom is 0.143 e. The van der Waals surface area contributed by atoms with Gasteiger partial charge in [-0.3, -0.25) is 4.98 Å². The van der Waals surface area contributed by atoms with Crippen molar-refractivity contribution in [3.05, 3.63) is 41.7 Å². The van der Waals surface area contributed by atoms with E-state index >= 15 is 0 Å². The number of pyridine rings is 1. The summed E-state index contributed by atoms with van der Waals surface area (Å²) in [5, 5.41) is 7.80. The number of benzene rings is 1. The summed E-state index contributed by atoms with van der Waals surface area (Å²) >= 11 is 0. The van der Waals surface area contributed by atoms with E-state index in [4.69, 9.17) is 4.63 Å². The molecule has 0 fully saturated rings. The van der Waals surface area contributed by atoms with Crippen molar-refractivity contribution in [1.29, 1.82) is 0 Å². The highest BCUT2D eigenvalue weighted by Crippen LogP contribution is 2.27. The lowest BCUT2D eigenvalue weighted by Gasteiger charge is -2.04. The summed E-state index contributed by atoms with van der Waals surface area (Å²) in [5.41, 5.74) is 5.67. The van der Waals surface area contributed by atoms with Crippen LogP contribution in [-0.2, 0) is 0 Å². The minimum absolute atomic E-state index is 0.773. The molecule has 0 radical (unpaired) electrons. The fraction of sp³-hybridized carbons (Fsp3) is 0.154. The average molecular weight is 225 g/mol. The fourth-order valence-corrected chi connectivity index (χ4v) is 2.03. The van der Waals surface area contributed by atoms with Gasteiger partial charge in [0.25, 0.3) is 0 Å². The zero-order chi connectivity index (χ0) is 11.8. The van der Waals surface area contributed by atoms with Crippen LogP contribution in [0.5, 0.6) is 0 Å². The Hall–Kier alpha value is -2.23. The first-order valence-electron chi connectivity index (χ1n) is 5.41. The van der Waals surface area contributed by atoms with E-state index in [9.17, 15) is 0 Å². The lowest BCUT2D eigenvalue weighted by molar-refractivity contribution is 0.315. The highest BCUT2D eigenvalue weighted by atomic mass is 16.6. The van der Waals surface area contributed by atoms with Gasteiger partial charge in [0, 0.05) is 17.0 Å². The molecule has 0 bridgehead atoms. The van der Waals surface area contributed by atoms with Crippen LogP contribution in [0.15, 0.2) is 35.0 Å². The molecule has 0 N–H and O–H groups in total. The van der Waals surface area contributed by atoms with E-state index in [2.05, 4.69) is 15.3 Å². The second-order valence-electron chi connectivity index (χ2n) is 4.08. The molecule has 0 saturated carbocycles. The highest BCUT2D eigenvalue weighted by molar-refractivity contribution is 5.90. The monoisotopic (exact) mass is 225 g/mol. The minimum atomic E-state index is 0.773. The summed E-state index contributed by atoms with van der Waals surface area (Å²) in [6.45, 7) is 3.97. The molecule has 0 unspecified atom stereocenters. The topological polar surface area (TPSA) is 51.8 Å². The Bertz CT molecular complexity index is 668. The van der Waals surface area contributed by atoms with E-state index in [0.717, 1.165) is 33.5 Å². The molecule has 0 aliphatic carbocycles. The number of aryl methyl sites for hydroxylation is 2. The average Bonchev–Trinajstić information content (AvgIpc) is 2.75. The van der Waals surface area contributed by atoms with Gasteiger partial charge in [0.1, 0.15) is 11.0 Å². The molecule has 3 rings (SSSR count). The van der Waals surface area contributed by atoms with Crippen LogP contribution in [0.3, 0.4) is 0 Å². The van der Waals surface area contributed by atoms with Crippen LogP contribution in [-0.4, -0.2) is 15.3 Å². The first kappa shape index (κ1) is 9.96. The third-order valence-electron chi connectivity index (χ3n) is 2.68. The van der Waals surface area contributed by atoms with E-state index in [1.807, 2.05) is 44.2 Å². The summed E-state index contributed by atoms with van der Waals surface area (Å²) in [6.07, 6.45) is 0. The van der Waals surface area contributed by atoms with Crippen molar-refractivity contribution in [3.8, 4) is 11.1 Å². The zero-order valence-electron chi connectivity index (χ0n) is 9.64. The van der Waals surface area contributed by atoms with Crippen molar-refractivity contribution in [3.63, 3.8) is 0 Å². The molecule has 1 aromatic carbocycles. The molecule has 0 aliphatic rings. The van der Waals surface area contributed by atoms with Crippen LogP contribution in [0.2, 0.25) is 0 Å². The number of fused-ring (bicyclic) bond motifs is 1. The molecular weight excluding hydrogens is 214 g/mol. The fourth-order valence-electron chi connectivity index (χ4n) is 2.03. The third kappa shape index (κ3) is 1.67. The van der Waals surface area contributed by atoms with E-state index in [-0.39, 0.29) is 0 Å². The first-order chi connectivity index (χ1) is 8.24. The van der Waals surface area contributed by atoms with E-state index in [0.29, 0.717) is 0 Å². The van der Waals surface area contributed by atoms with Gasteiger partial charge in [-0.25, -0.2) is 4.63 Å². The van der Waals surface area contributed by atoms with Crippen LogP contribution >= 0.6 is 0 Å². The molecule has 0 spiro atoms. The summed E-state index contributed by atoms with van der Waals surface area (Å²) in [6, 6.07) is 9.93. The molecule has 3 aromatic rings. The molecule has 0 amide bonds. The molecule has 2 aromatic heterocycles. The predicted octanol–water partition coefficient (Wildman–Crippen LogP) is 2.90. The maximum atomic E-state index is 4.77. The lowest BCUT2D eigenvalue weighted by Crippen LogP contribution is -1.88. The van der Waals surface area contributed by atoms with Crippen molar-refractivity contribution in [2.75, 3.05) is 0 Å². The van der Waals surface area contributed by atoms with Crippen LogP contribution in [0, 0.1) is 13.8 Å². The molecule has 0 saturated heterocycles. The number of hydrogen-bond donors (Lipinski definition) is 0. The Balaban J connectivity index is 2.30. The van der Waals surface area contributed by atoms with Crippen LogP contribution in [0.1, 0.15) is 11.4 Å². The van der Waals surface area contributed by atoms with Crippen molar-refractivity contribution in [1.82, 2.24) is 15.3 Å². The largest absolute Gasteiger partial charge is 0.258 e. The third-order valence-corrected chi connectivity index (χ3v) is 2.68. The highest BCUT2D eigenvalue weighted by Gasteiger charge is 2.09. The summed E-state index contributed by atoms with van der Waals surface area (Å²) in [7, 11) is 0. The lowest BCUT2D eigenvalue weighted by atomic mass is 10.0. The number of nitrogens with zero attached hydrogens (tertiary/aromatic N) is 3.